The lowest BCUT2D eigenvalue weighted by molar-refractivity contribution is 0.569. The van der Waals surface area contributed by atoms with Crippen molar-refractivity contribution in [2.45, 2.75) is 59.8 Å². The second kappa shape index (κ2) is 6.12. The Kier molecular flexibility index (Phi) is 5.89. The zero-order valence-electron chi connectivity index (χ0n) is 9.04. The molecule has 0 saturated heterocycles. The Labute approximate surface area is 77.8 Å². The summed E-state index contributed by atoms with van der Waals surface area (Å²) in [4.78, 5) is 0. The lowest BCUT2D eigenvalue weighted by atomic mass is 9.97. The van der Waals surface area contributed by atoms with Crippen LogP contribution in [0.4, 0.5) is 0 Å². The van der Waals surface area contributed by atoms with Crippen molar-refractivity contribution >= 4 is 0 Å². The molecule has 0 unspecified atom stereocenters. The molecule has 0 N–H and O–H groups in total. The van der Waals surface area contributed by atoms with E-state index in [2.05, 4.69) is 39.5 Å². The molecule has 0 nitrogen and oxygen atoms in total. The van der Waals surface area contributed by atoms with Gasteiger partial charge in [0, 0.05) is 11.8 Å². The van der Waals surface area contributed by atoms with Crippen LogP contribution >= 0.6 is 0 Å². The van der Waals surface area contributed by atoms with Crippen LogP contribution in [0.1, 0.15) is 59.8 Å². The first-order valence-corrected chi connectivity index (χ1v) is 5.06. The van der Waals surface area contributed by atoms with E-state index in [0.29, 0.717) is 0 Å². The largest absolute Gasteiger partial charge is 0.103 e. The Hall–Kier alpha value is -0.440. The van der Waals surface area contributed by atoms with Crippen molar-refractivity contribution in [1.29, 1.82) is 0 Å². The highest BCUT2D eigenvalue weighted by Gasteiger charge is 2.02. The van der Waals surface area contributed by atoms with Crippen LogP contribution < -0.4 is 0 Å². The smallest absolute Gasteiger partial charge is 0.0230 e. The van der Waals surface area contributed by atoms with Gasteiger partial charge in [0.25, 0.3) is 0 Å². The summed E-state index contributed by atoms with van der Waals surface area (Å²) in [7, 11) is 0. The van der Waals surface area contributed by atoms with Crippen LogP contribution in [-0.4, -0.2) is 0 Å². The molecule has 0 heterocycles. The lowest BCUT2D eigenvalue weighted by Gasteiger charge is -2.06. The third-order valence-electron chi connectivity index (χ3n) is 1.62. The predicted octanol–water partition coefficient (Wildman–Crippen LogP) is 4.01. The normalized spacial score (nSPS) is 10.7. The fraction of sp³-hybridized carbons (Fsp3) is 0.833. The zero-order valence-corrected chi connectivity index (χ0v) is 9.04. The average Bonchev–Trinajstić information content (AvgIpc) is 1.94. The average molecular weight is 166 g/mol. The molecule has 0 aliphatic rings. The highest BCUT2D eigenvalue weighted by Crippen LogP contribution is 2.10. The topological polar surface area (TPSA) is 0 Å². The van der Waals surface area contributed by atoms with Gasteiger partial charge in [-0.3, -0.25) is 0 Å². The molecule has 0 saturated carbocycles. The van der Waals surface area contributed by atoms with E-state index >= 15 is 0 Å². The number of unbranched alkanes of at least 4 members (excludes halogenated alkanes) is 4. The highest BCUT2D eigenvalue weighted by atomic mass is 14.1. The fourth-order valence-electron chi connectivity index (χ4n) is 0.968. The van der Waals surface area contributed by atoms with Crippen molar-refractivity contribution in [3.63, 3.8) is 0 Å². The first-order chi connectivity index (χ1) is 5.56. The standard InChI is InChI=1S/C12H22/c1-5-6-7-8-9-10-11-12(2,3)4/h5-9H2,1-4H3. The van der Waals surface area contributed by atoms with E-state index in [-0.39, 0.29) is 5.41 Å². The van der Waals surface area contributed by atoms with Crippen LogP contribution in [-0.2, 0) is 0 Å². The quantitative estimate of drug-likeness (QED) is 0.437. The molecule has 12 heavy (non-hydrogen) atoms. The molecule has 0 rings (SSSR count). The highest BCUT2D eigenvalue weighted by molar-refractivity contribution is 5.06. The second-order valence-corrected chi connectivity index (χ2v) is 4.36. The summed E-state index contributed by atoms with van der Waals surface area (Å²) in [5, 5.41) is 0. The zero-order chi connectivity index (χ0) is 9.45. The molecule has 0 aliphatic heterocycles. The van der Waals surface area contributed by atoms with Gasteiger partial charge in [0.1, 0.15) is 0 Å². The summed E-state index contributed by atoms with van der Waals surface area (Å²) in [6.07, 6.45) is 6.37. The van der Waals surface area contributed by atoms with E-state index in [9.17, 15) is 0 Å². The van der Waals surface area contributed by atoms with Crippen molar-refractivity contribution in [1.82, 2.24) is 0 Å². The third kappa shape index (κ3) is 9.56. The molecule has 0 aromatic rings. The molecular weight excluding hydrogens is 144 g/mol. The van der Waals surface area contributed by atoms with E-state index in [1.807, 2.05) is 0 Å². The molecule has 70 valence electrons. The van der Waals surface area contributed by atoms with Gasteiger partial charge in [0.05, 0.1) is 0 Å². The first-order valence-electron chi connectivity index (χ1n) is 5.06. The van der Waals surface area contributed by atoms with Crippen molar-refractivity contribution in [2.75, 3.05) is 0 Å². The third-order valence-corrected chi connectivity index (χ3v) is 1.62. The van der Waals surface area contributed by atoms with E-state index < -0.39 is 0 Å². The van der Waals surface area contributed by atoms with E-state index in [0.717, 1.165) is 6.42 Å². The van der Waals surface area contributed by atoms with Gasteiger partial charge in [0.2, 0.25) is 0 Å². The van der Waals surface area contributed by atoms with Gasteiger partial charge in [-0.15, -0.1) is 5.92 Å². The maximum atomic E-state index is 3.25. The van der Waals surface area contributed by atoms with Gasteiger partial charge in [-0.25, -0.2) is 0 Å². The Balaban J connectivity index is 3.34. The van der Waals surface area contributed by atoms with Crippen molar-refractivity contribution in [2.24, 2.45) is 5.41 Å². The van der Waals surface area contributed by atoms with Crippen LogP contribution in [0, 0.1) is 17.3 Å². The van der Waals surface area contributed by atoms with Crippen molar-refractivity contribution in [3.05, 3.63) is 0 Å². The Morgan fingerprint density at radius 2 is 1.67 bits per heavy atom. The summed E-state index contributed by atoms with van der Waals surface area (Å²) in [6, 6.07) is 0. The minimum absolute atomic E-state index is 0.185. The lowest BCUT2D eigenvalue weighted by Crippen LogP contribution is -1.98. The van der Waals surface area contributed by atoms with E-state index in [1.54, 1.807) is 0 Å². The summed E-state index contributed by atoms with van der Waals surface area (Å²) < 4.78 is 0. The number of hydrogen-bond donors (Lipinski definition) is 0. The molecule has 0 radical (unpaired) electrons. The molecule has 0 bridgehead atoms. The molecule has 0 aliphatic carbocycles. The second-order valence-electron chi connectivity index (χ2n) is 4.36. The summed E-state index contributed by atoms with van der Waals surface area (Å²) in [5.74, 6) is 6.48. The molecule has 0 fully saturated rings. The van der Waals surface area contributed by atoms with Gasteiger partial charge in [-0.2, -0.15) is 0 Å². The van der Waals surface area contributed by atoms with Gasteiger partial charge in [-0.05, 0) is 27.2 Å². The maximum Gasteiger partial charge on any atom is 0.0230 e. The van der Waals surface area contributed by atoms with Gasteiger partial charge >= 0.3 is 0 Å². The molecule has 0 heteroatoms. The van der Waals surface area contributed by atoms with Gasteiger partial charge in [0.15, 0.2) is 0 Å². The molecule has 0 atom stereocenters. The Bertz CT molecular complexity index is 149. The monoisotopic (exact) mass is 166 g/mol. The predicted molar refractivity (Wildman–Crippen MR) is 56.0 cm³/mol. The van der Waals surface area contributed by atoms with Crippen LogP contribution in [0.5, 0.6) is 0 Å². The minimum Gasteiger partial charge on any atom is -0.103 e. The van der Waals surface area contributed by atoms with Crippen LogP contribution in [0.2, 0.25) is 0 Å². The van der Waals surface area contributed by atoms with Crippen molar-refractivity contribution in [3.8, 4) is 11.8 Å². The summed E-state index contributed by atoms with van der Waals surface area (Å²) in [5.41, 5.74) is 0.185. The SMILES string of the molecule is CCCCCCC#CC(C)(C)C. The molecule has 0 aromatic heterocycles. The number of hydrogen-bond acceptors (Lipinski definition) is 0. The van der Waals surface area contributed by atoms with Crippen molar-refractivity contribution < 1.29 is 0 Å². The molecular formula is C12H22. The Morgan fingerprint density at radius 1 is 1.00 bits per heavy atom. The number of rotatable bonds is 4. The minimum atomic E-state index is 0.185. The van der Waals surface area contributed by atoms with Crippen LogP contribution in [0.15, 0.2) is 0 Å². The molecule has 0 amide bonds. The van der Waals surface area contributed by atoms with E-state index in [1.165, 1.54) is 25.7 Å². The maximum absolute atomic E-state index is 3.25. The van der Waals surface area contributed by atoms with Gasteiger partial charge < -0.3 is 0 Å². The summed E-state index contributed by atoms with van der Waals surface area (Å²) in [6.45, 7) is 8.71. The van der Waals surface area contributed by atoms with Gasteiger partial charge in [-0.1, -0.05) is 32.1 Å². The molecule has 0 spiro atoms. The van der Waals surface area contributed by atoms with Crippen LogP contribution in [0.3, 0.4) is 0 Å². The Morgan fingerprint density at radius 3 is 2.17 bits per heavy atom. The first kappa shape index (κ1) is 11.6. The fourth-order valence-corrected chi connectivity index (χ4v) is 0.968. The molecule has 0 aromatic carbocycles. The summed E-state index contributed by atoms with van der Waals surface area (Å²) >= 11 is 0. The van der Waals surface area contributed by atoms with Crippen LogP contribution in [0.25, 0.3) is 0 Å². The van der Waals surface area contributed by atoms with E-state index in [4.69, 9.17) is 0 Å².